The SMILES string of the molecule is CCN(CC)CCOc1ccc(CN=C(N)NCCc2ccc(OC)c(OC)c2)cc1. The maximum absolute atomic E-state index is 6.00. The predicted molar refractivity (Wildman–Crippen MR) is 126 cm³/mol. The molecular weight excluding hydrogens is 392 g/mol. The van der Waals surface area contributed by atoms with Crippen molar-refractivity contribution in [3.05, 3.63) is 53.6 Å². The Bertz CT molecular complexity index is 805. The lowest BCUT2D eigenvalue weighted by atomic mass is 10.1. The average molecular weight is 429 g/mol. The molecule has 7 nitrogen and oxygen atoms in total. The van der Waals surface area contributed by atoms with E-state index in [1.165, 1.54) is 0 Å². The van der Waals surface area contributed by atoms with E-state index in [9.17, 15) is 0 Å². The van der Waals surface area contributed by atoms with Gasteiger partial charge in [0.1, 0.15) is 12.4 Å². The lowest BCUT2D eigenvalue weighted by Crippen LogP contribution is -2.33. The standard InChI is InChI=1S/C24H36N4O3/c1-5-28(6-2)15-16-31-21-10-7-20(8-11-21)18-27-24(25)26-14-13-19-9-12-22(29-3)23(17-19)30-4/h7-12,17H,5-6,13-16,18H2,1-4H3,(H3,25,26,27). The summed E-state index contributed by atoms with van der Waals surface area (Å²) in [7, 11) is 3.26. The highest BCUT2D eigenvalue weighted by molar-refractivity contribution is 5.77. The van der Waals surface area contributed by atoms with Gasteiger partial charge in [0, 0.05) is 13.1 Å². The van der Waals surface area contributed by atoms with Crippen LogP contribution in [-0.2, 0) is 13.0 Å². The normalized spacial score (nSPS) is 11.5. The van der Waals surface area contributed by atoms with E-state index in [1.807, 2.05) is 42.5 Å². The molecule has 0 saturated heterocycles. The average Bonchev–Trinajstić information content (AvgIpc) is 2.81. The molecule has 0 unspecified atom stereocenters. The molecule has 0 aliphatic heterocycles. The van der Waals surface area contributed by atoms with E-state index >= 15 is 0 Å². The van der Waals surface area contributed by atoms with Gasteiger partial charge in [-0.05, 0) is 54.9 Å². The zero-order valence-corrected chi connectivity index (χ0v) is 19.2. The van der Waals surface area contributed by atoms with Crippen LogP contribution >= 0.6 is 0 Å². The Morgan fingerprint density at radius 3 is 2.29 bits per heavy atom. The molecule has 170 valence electrons. The number of nitrogens with two attached hydrogens (primary N) is 1. The molecule has 0 radical (unpaired) electrons. The highest BCUT2D eigenvalue weighted by atomic mass is 16.5. The van der Waals surface area contributed by atoms with Crippen molar-refractivity contribution in [3.63, 3.8) is 0 Å². The zero-order chi connectivity index (χ0) is 22.5. The van der Waals surface area contributed by atoms with E-state index < -0.39 is 0 Å². The van der Waals surface area contributed by atoms with Crippen LogP contribution < -0.4 is 25.3 Å². The van der Waals surface area contributed by atoms with Crippen LogP contribution in [0, 0.1) is 0 Å². The number of likely N-dealkylation sites (N-methyl/N-ethyl adjacent to an activating group) is 1. The Morgan fingerprint density at radius 1 is 0.968 bits per heavy atom. The van der Waals surface area contributed by atoms with Crippen molar-refractivity contribution in [3.8, 4) is 17.2 Å². The zero-order valence-electron chi connectivity index (χ0n) is 19.2. The lowest BCUT2D eigenvalue weighted by Gasteiger charge is -2.18. The van der Waals surface area contributed by atoms with Crippen LogP contribution in [0.15, 0.2) is 47.5 Å². The molecule has 0 fully saturated rings. The number of hydrogen-bond acceptors (Lipinski definition) is 5. The van der Waals surface area contributed by atoms with E-state index in [4.69, 9.17) is 19.9 Å². The van der Waals surface area contributed by atoms with Gasteiger partial charge in [0.2, 0.25) is 0 Å². The Kier molecular flexibility index (Phi) is 10.5. The molecule has 2 rings (SSSR count). The molecule has 0 bridgehead atoms. The fourth-order valence-electron chi connectivity index (χ4n) is 3.13. The minimum absolute atomic E-state index is 0.431. The summed E-state index contributed by atoms with van der Waals surface area (Å²) >= 11 is 0. The first-order valence-corrected chi connectivity index (χ1v) is 10.8. The van der Waals surface area contributed by atoms with Crippen molar-refractivity contribution >= 4 is 5.96 Å². The van der Waals surface area contributed by atoms with Crippen LogP contribution in [0.5, 0.6) is 17.2 Å². The van der Waals surface area contributed by atoms with Crippen LogP contribution in [-0.4, -0.2) is 57.9 Å². The highest BCUT2D eigenvalue weighted by Gasteiger charge is 2.05. The highest BCUT2D eigenvalue weighted by Crippen LogP contribution is 2.27. The quantitative estimate of drug-likeness (QED) is 0.377. The number of hydrogen-bond donors (Lipinski definition) is 2. The van der Waals surface area contributed by atoms with E-state index in [2.05, 4.69) is 29.1 Å². The van der Waals surface area contributed by atoms with Crippen molar-refractivity contribution in [2.24, 2.45) is 10.7 Å². The molecular formula is C24H36N4O3. The van der Waals surface area contributed by atoms with Crippen LogP contribution in [0.1, 0.15) is 25.0 Å². The molecule has 0 atom stereocenters. The molecule has 2 aromatic carbocycles. The molecule has 7 heteroatoms. The fraction of sp³-hybridized carbons (Fsp3) is 0.458. The lowest BCUT2D eigenvalue weighted by molar-refractivity contribution is 0.223. The molecule has 0 aliphatic rings. The summed E-state index contributed by atoms with van der Waals surface area (Å²) in [6.45, 7) is 9.24. The molecule has 3 N–H and O–H groups in total. The second-order valence-electron chi connectivity index (χ2n) is 7.09. The number of aliphatic imine (C=N–C) groups is 1. The van der Waals surface area contributed by atoms with E-state index in [1.54, 1.807) is 14.2 Å². The molecule has 0 saturated carbocycles. The van der Waals surface area contributed by atoms with Gasteiger partial charge in [-0.25, -0.2) is 4.99 Å². The summed E-state index contributed by atoms with van der Waals surface area (Å²) in [5, 5.41) is 3.15. The number of methoxy groups -OCH3 is 2. The van der Waals surface area contributed by atoms with Crippen LogP contribution in [0.25, 0.3) is 0 Å². The van der Waals surface area contributed by atoms with Gasteiger partial charge >= 0.3 is 0 Å². The van der Waals surface area contributed by atoms with Crippen LogP contribution in [0.3, 0.4) is 0 Å². The van der Waals surface area contributed by atoms with Gasteiger partial charge in [0.15, 0.2) is 17.5 Å². The first-order valence-electron chi connectivity index (χ1n) is 10.8. The summed E-state index contributed by atoms with van der Waals surface area (Å²) < 4.78 is 16.4. The Labute approximate surface area is 186 Å². The van der Waals surface area contributed by atoms with Crippen molar-refractivity contribution in [2.45, 2.75) is 26.8 Å². The predicted octanol–water partition coefficient (Wildman–Crippen LogP) is 3.07. The molecule has 31 heavy (non-hydrogen) atoms. The van der Waals surface area contributed by atoms with E-state index in [-0.39, 0.29) is 0 Å². The third kappa shape index (κ3) is 8.38. The molecule has 0 aromatic heterocycles. The number of nitrogens with zero attached hydrogens (tertiary/aromatic N) is 2. The Morgan fingerprint density at radius 2 is 1.65 bits per heavy atom. The summed E-state index contributed by atoms with van der Waals surface area (Å²) in [6, 6.07) is 13.9. The molecule has 0 aliphatic carbocycles. The second-order valence-corrected chi connectivity index (χ2v) is 7.09. The maximum atomic E-state index is 6.00. The fourth-order valence-corrected chi connectivity index (χ4v) is 3.13. The van der Waals surface area contributed by atoms with Crippen molar-refractivity contribution in [2.75, 3.05) is 47.0 Å². The third-order valence-electron chi connectivity index (χ3n) is 5.09. The third-order valence-corrected chi connectivity index (χ3v) is 5.09. The summed E-state index contributed by atoms with van der Waals surface area (Å²) in [5.41, 5.74) is 8.22. The number of rotatable bonds is 13. The molecule has 0 heterocycles. The number of guanidine groups is 1. The van der Waals surface area contributed by atoms with Gasteiger partial charge in [-0.2, -0.15) is 0 Å². The van der Waals surface area contributed by atoms with Crippen LogP contribution in [0.4, 0.5) is 0 Å². The van der Waals surface area contributed by atoms with Gasteiger partial charge in [0.05, 0.1) is 20.8 Å². The van der Waals surface area contributed by atoms with Gasteiger partial charge in [-0.1, -0.05) is 32.0 Å². The number of ether oxygens (including phenoxy) is 3. The van der Waals surface area contributed by atoms with Crippen molar-refractivity contribution < 1.29 is 14.2 Å². The van der Waals surface area contributed by atoms with Gasteiger partial charge in [-0.15, -0.1) is 0 Å². The monoisotopic (exact) mass is 428 g/mol. The van der Waals surface area contributed by atoms with E-state index in [0.717, 1.165) is 54.4 Å². The van der Waals surface area contributed by atoms with E-state index in [0.29, 0.717) is 25.7 Å². The number of nitrogens with one attached hydrogen (secondary N) is 1. The van der Waals surface area contributed by atoms with Gasteiger partial charge < -0.3 is 30.2 Å². The first-order chi connectivity index (χ1) is 15.1. The minimum Gasteiger partial charge on any atom is -0.493 e. The Balaban J connectivity index is 1.74. The summed E-state index contributed by atoms with van der Waals surface area (Å²) in [5.74, 6) is 2.75. The van der Waals surface area contributed by atoms with Crippen molar-refractivity contribution in [1.29, 1.82) is 0 Å². The largest absolute Gasteiger partial charge is 0.493 e. The molecule has 0 spiro atoms. The van der Waals surface area contributed by atoms with Gasteiger partial charge in [0.25, 0.3) is 0 Å². The second kappa shape index (κ2) is 13.4. The summed E-state index contributed by atoms with van der Waals surface area (Å²) in [6.07, 6.45) is 0.802. The first kappa shape index (κ1) is 24.3. The molecule has 2 aromatic rings. The Hall–Kier alpha value is -2.93. The number of benzene rings is 2. The topological polar surface area (TPSA) is 81.3 Å². The molecule has 0 amide bonds. The smallest absolute Gasteiger partial charge is 0.188 e. The van der Waals surface area contributed by atoms with Gasteiger partial charge in [-0.3, -0.25) is 0 Å². The summed E-state index contributed by atoms with van der Waals surface area (Å²) in [4.78, 5) is 6.75. The van der Waals surface area contributed by atoms with Crippen LogP contribution in [0.2, 0.25) is 0 Å². The maximum Gasteiger partial charge on any atom is 0.188 e. The minimum atomic E-state index is 0.431. The van der Waals surface area contributed by atoms with Crippen molar-refractivity contribution in [1.82, 2.24) is 10.2 Å².